The lowest BCUT2D eigenvalue weighted by atomic mass is 10.4. The van der Waals surface area contributed by atoms with Crippen molar-refractivity contribution in [3.8, 4) is 0 Å². The molecule has 0 aliphatic rings. The summed E-state index contributed by atoms with van der Waals surface area (Å²) in [5, 5.41) is 3.78. The molecule has 0 atom stereocenters. The zero-order valence-corrected chi connectivity index (χ0v) is 7.37. The molecule has 0 aliphatic carbocycles. The van der Waals surface area contributed by atoms with E-state index in [4.69, 9.17) is 10.3 Å². The highest BCUT2D eigenvalue weighted by molar-refractivity contribution is 5.79. The quantitative estimate of drug-likeness (QED) is 0.544. The Morgan fingerprint density at radius 1 is 1.75 bits per heavy atom. The Labute approximate surface area is 71.5 Å². The van der Waals surface area contributed by atoms with Gasteiger partial charge in [0, 0.05) is 12.5 Å². The van der Waals surface area contributed by atoms with Gasteiger partial charge in [0.1, 0.15) is 11.5 Å². The van der Waals surface area contributed by atoms with Crippen LogP contribution in [0.3, 0.4) is 0 Å². The first-order chi connectivity index (χ1) is 5.72. The molecule has 12 heavy (non-hydrogen) atoms. The molecule has 1 aromatic heterocycles. The number of aromatic nitrogens is 1. The second-order valence-electron chi connectivity index (χ2n) is 2.59. The Morgan fingerprint density at radius 3 is 3.00 bits per heavy atom. The van der Waals surface area contributed by atoms with Gasteiger partial charge in [-0.05, 0) is 6.92 Å². The third-order valence-corrected chi connectivity index (χ3v) is 1.48. The predicted octanol–water partition coefficient (Wildman–Crippen LogP) is 1.25. The zero-order chi connectivity index (χ0) is 8.97. The number of hydrogen-bond acceptors (Lipinski definition) is 3. The summed E-state index contributed by atoms with van der Waals surface area (Å²) in [7, 11) is 0. The van der Waals surface area contributed by atoms with Crippen LogP contribution >= 0.6 is 0 Å². The van der Waals surface area contributed by atoms with Crippen LogP contribution in [0.25, 0.3) is 0 Å². The molecule has 1 aromatic rings. The molecule has 0 aromatic carbocycles. The van der Waals surface area contributed by atoms with Gasteiger partial charge in [-0.2, -0.15) is 0 Å². The fourth-order valence-electron chi connectivity index (χ4n) is 0.787. The van der Waals surface area contributed by atoms with E-state index in [0.717, 1.165) is 17.9 Å². The number of nitrogens with two attached hydrogens (primary N) is 1. The number of nitrogens with zero attached hydrogens (tertiary/aromatic N) is 2. The van der Waals surface area contributed by atoms with Crippen LogP contribution in [-0.2, 0) is 6.54 Å². The van der Waals surface area contributed by atoms with E-state index in [9.17, 15) is 0 Å². The SMILES string of the molecule is CCC(N)=NCc1cc(C)on1. The molecule has 1 heterocycles. The number of aryl methyl sites for hydroxylation is 1. The molecule has 4 nitrogen and oxygen atoms in total. The fourth-order valence-corrected chi connectivity index (χ4v) is 0.787. The van der Waals surface area contributed by atoms with Gasteiger partial charge in [0.2, 0.25) is 0 Å². The lowest BCUT2D eigenvalue weighted by Gasteiger charge is -1.92. The number of amidine groups is 1. The Kier molecular flexibility index (Phi) is 2.85. The van der Waals surface area contributed by atoms with Crippen molar-refractivity contribution in [2.24, 2.45) is 10.7 Å². The summed E-state index contributed by atoms with van der Waals surface area (Å²) >= 11 is 0. The second kappa shape index (κ2) is 3.90. The van der Waals surface area contributed by atoms with E-state index >= 15 is 0 Å². The lowest BCUT2D eigenvalue weighted by Crippen LogP contribution is -2.09. The van der Waals surface area contributed by atoms with E-state index in [0.29, 0.717) is 12.4 Å². The summed E-state index contributed by atoms with van der Waals surface area (Å²) in [6.07, 6.45) is 0.775. The van der Waals surface area contributed by atoms with Crippen molar-refractivity contribution >= 4 is 5.84 Å². The average Bonchev–Trinajstić information content (AvgIpc) is 2.47. The summed E-state index contributed by atoms with van der Waals surface area (Å²) in [4.78, 5) is 4.10. The molecule has 2 N–H and O–H groups in total. The van der Waals surface area contributed by atoms with Crippen molar-refractivity contribution < 1.29 is 4.52 Å². The highest BCUT2D eigenvalue weighted by Crippen LogP contribution is 2.02. The number of rotatable bonds is 3. The van der Waals surface area contributed by atoms with Gasteiger partial charge in [-0.1, -0.05) is 12.1 Å². The number of hydrogen-bond donors (Lipinski definition) is 1. The van der Waals surface area contributed by atoms with Crippen LogP contribution in [0.15, 0.2) is 15.6 Å². The van der Waals surface area contributed by atoms with Crippen LogP contribution < -0.4 is 5.73 Å². The van der Waals surface area contributed by atoms with Gasteiger partial charge in [0.15, 0.2) is 0 Å². The minimum absolute atomic E-state index is 0.511. The molecule has 0 bridgehead atoms. The van der Waals surface area contributed by atoms with Crippen LogP contribution in [0.4, 0.5) is 0 Å². The van der Waals surface area contributed by atoms with E-state index in [1.165, 1.54) is 0 Å². The molecule has 0 saturated heterocycles. The average molecular weight is 167 g/mol. The molecule has 66 valence electrons. The maximum absolute atomic E-state index is 5.52. The predicted molar refractivity (Wildman–Crippen MR) is 46.9 cm³/mol. The molecule has 0 amide bonds. The maximum atomic E-state index is 5.52. The molecule has 0 saturated carbocycles. The Balaban J connectivity index is 2.53. The smallest absolute Gasteiger partial charge is 0.133 e. The third kappa shape index (κ3) is 2.38. The van der Waals surface area contributed by atoms with Crippen LogP contribution in [0.1, 0.15) is 24.8 Å². The molecular formula is C8H13N3O. The standard InChI is InChI=1S/C8H13N3O/c1-3-8(9)10-5-7-4-6(2)12-11-7/h4H,3,5H2,1-2H3,(H2,9,10). The van der Waals surface area contributed by atoms with Crippen molar-refractivity contribution in [1.82, 2.24) is 5.16 Å². The Hall–Kier alpha value is -1.32. The van der Waals surface area contributed by atoms with Gasteiger partial charge in [0.05, 0.1) is 12.4 Å². The summed E-state index contributed by atoms with van der Waals surface area (Å²) in [6, 6.07) is 1.85. The minimum Gasteiger partial charge on any atom is -0.387 e. The van der Waals surface area contributed by atoms with Crippen LogP contribution in [-0.4, -0.2) is 11.0 Å². The highest BCUT2D eigenvalue weighted by atomic mass is 16.5. The van der Waals surface area contributed by atoms with Crippen molar-refractivity contribution in [3.05, 3.63) is 17.5 Å². The number of aliphatic imine (C=N–C) groups is 1. The first kappa shape index (κ1) is 8.77. The molecule has 4 heteroatoms. The topological polar surface area (TPSA) is 64.4 Å². The van der Waals surface area contributed by atoms with E-state index < -0.39 is 0 Å². The molecule has 0 spiro atoms. The van der Waals surface area contributed by atoms with E-state index in [2.05, 4.69) is 10.1 Å². The van der Waals surface area contributed by atoms with E-state index in [1.807, 2.05) is 19.9 Å². The molecule has 0 aliphatic heterocycles. The maximum Gasteiger partial charge on any atom is 0.133 e. The molecular weight excluding hydrogens is 154 g/mol. The van der Waals surface area contributed by atoms with E-state index in [-0.39, 0.29) is 0 Å². The Morgan fingerprint density at radius 2 is 2.50 bits per heavy atom. The molecule has 1 rings (SSSR count). The summed E-state index contributed by atoms with van der Waals surface area (Å²) in [5.74, 6) is 1.45. The van der Waals surface area contributed by atoms with Gasteiger partial charge in [-0.15, -0.1) is 0 Å². The third-order valence-electron chi connectivity index (χ3n) is 1.48. The van der Waals surface area contributed by atoms with Crippen molar-refractivity contribution in [2.45, 2.75) is 26.8 Å². The van der Waals surface area contributed by atoms with Crippen molar-refractivity contribution in [3.63, 3.8) is 0 Å². The van der Waals surface area contributed by atoms with Gasteiger partial charge in [-0.3, -0.25) is 4.99 Å². The zero-order valence-electron chi connectivity index (χ0n) is 7.37. The van der Waals surface area contributed by atoms with Crippen LogP contribution in [0, 0.1) is 6.92 Å². The lowest BCUT2D eigenvalue weighted by molar-refractivity contribution is 0.391. The van der Waals surface area contributed by atoms with Crippen LogP contribution in [0.5, 0.6) is 0 Å². The van der Waals surface area contributed by atoms with Gasteiger partial charge in [-0.25, -0.2) is 0 Å². The summed E-state index contributed by atoms with van der Waals surface area (Å²) < 4.78 is 4.87. The van der Waals surface area contributed by atoms with Crippen molar-refractivity contribution in [1.29, 1.82) is 0 Å². The Bertz CT molecular complexity index is 278. The fraction of sp³-hybridized carbons (Fsp3) is 0.500. The van der Waals surface area contributed by atoms with Crippen LogP contribution in [0.2, 0.25) is 0 Å². The molecule has 0 radical (unpaired) electrons. The highest BCUT2D eigenvalue weighted by Gasteiger charge is 1.97. The minimum atomic E-state index is 0.511. The normalized spacial score (nSPS) is 12.0. The molecule has 0 fully saturated rings. The molecule has 0 unspecified atom stereocenters. The first-order valence-corrected chi connectivity index (χ1v) is 3.93. The van der Waals surface area contributed by atoms with Gasteiger partial charge in [0.25, 0.3) is 0 Å². The first-order valence-electron chi connectivity index (χ1n) is 3.93. The summed E-state index contributed by atoms with van der Waals surface area (Å²) in [6.45, 7) is 4.33. The largest absolute Gasteiger partial charge is 0.387 e. The van der Waals surface area contributed by atoms with E-state index in [1.54, 1.807) is 0 Å². The monoisotopic (exact) mass is 167 g/mol. The summed E-state index contributed by atoms with van der Waals surface area (Å²) in [5.41, 5.74) is 6.34. The van der Waals surface area contributed by atoms with Gasteiger partial charge < -0.3 is 10.3 Å². The van der Waals surface area contributed by atoms with Crippen molar-refractivity contribution in [2.75, 3.05) is 0 Å². The van der Waals surface area contributed by atoms with Gasteiger partial charge >= 0.3 is 0 Å². The second-order valence-corrected chi connectivity index (χ2v) is 2.59.